The average molecular weight is 239 g/mol. The number of rotatable bonds is 4. The average Bonchev–Trinajstić information content (AvgIpc) is 2.84. The summed E-state index contributed by atoms with van der Waals surface area (Å²) in [4.78, 5) is 0. The van der Waals surface area contributed by atoms with Crippen molar-refractivity contribution in [1.29, 1.82) is 0 Å². The van der Waals surface area contributed by atoms with Gasteiger partial charge in [-0.1, -0.05) is 26.7 Å². The van der Waals surface area contributed by atoms with Crippen LogP contribution in [0.5, 0.6) is 0 Å². The molecule has 0 saturated heterocycles. The Bertz CT molecular complexity index is 225. The lowest BCUT2D eigenvalue weighted by Crippen LogP contribution is -2.36. The Labute approximate surface area is 106 Å². The van der Waals surface area contributed by atoms with Gasteiger partial charge in [-0.15, -0.1) is 0 Å². The number of hydrogen-bond acceptors (Lipinski definition) is 2. The zero-order valence-corrected chi connectivity index (χ0v) is 11.5. The summed E-state index contributed by atoms with van der Waals surface area (Å²) in [6.45, 7) is 5.51. The molecule has 0 radical (unpaired) electrons. The third kappa shape index (κ3) is 3.69. The Kier molecular flexibility index (Phi) is 4.87. The molecular formula is C15H29NO. The van der Waals surface area contributed by atoms with Gasteiger partial charge in [-0.2, -0.15) is 0 Å². The second-order valence-electron chi connectivity index (χ2n) is 6.43. The highest BCUT2D eigenvalue weighted by Gasteiger charge is 2.27. The summed E-state index contributed by atoms with van der Waals surface area (Å²) < 4.78 is 6.05. The van der Waals surface area contributed by atoms with E-state index in [9.17, 15) is 0 Å². The van der Waals surface area contributed by atoms with E-state index in [1.54, 1.807) is 0 Å². The first-order chi connectivity index (χ1) is 8.16. The monoisotopic (exact) mass is 239 g/mol. The predicted molar refractivity (Wildman–Crippen MR) is 71.9 cm³/mol. The van der Waals surface area contributed by atoms with Gasteiger partial charge >= 0.3 is 0 Å². The second-order valence-corrected chi connectivity index (χ2v) is 6.43. The van der Waals surface area contributed by atoms with Crippen molar-refractivity contribution in [2.75, 3.05) is 6.61 Å². The van der Waals surface area contributed by atoms with Gasteiger partial charge in [0, 0.05) is 6.04 Å². The van der Waals surface area contributed by atoms with E-state index in [0.717, 1.165) is 24.4 Å². The lowest BCUT2D eigenvalue weighted by Gasteiger charge is -2.33. The summed E-state index contributed by atoms with van der Waals surface area (Å²) in [6.07, 6.45) is 9.66. The van der Waals surface area contributed by atoms with Crippen LogP contribution in [-0.4, -0.2) is 18.8 Å². The van der Waals surface area contributed by atoms with E-state index in [2.05, 4.69) is 13.8 Å². The van der Waals surface area contributed by atoms with E-state index in [1.165, 1.54) is 44.9 Å². The third-order valence-electron chi connectivity index (χ3n) is 5.08. The molecule has 0 amide bonds. The van der Waals surface area contributed by atoms with Gasteiger partial charge in [0.25, 0.3) is 0 Å². The first kappa shape index (κ1) is 13.4. The van der Waals surface area contributed by atoms with Gasteiger partial charge in [0.1, 0.15) is 0 Å². The van der Waals surface area contributed by atoms with Crippen LogP contribution in [0.1, 0.15) is 58.8 Å². The van der Waals surface area contributed by atoms with Crippen molar-refractivity contribution >= 4 is 0 Å². The van der Waals surface area contributed by atoms with Crippen LogP contribution in [-0.2, 0) is 4.74 Å². The highest BCUT2D eigenvalue weighted by atomic mass is 16.5. The van der Waals surface area contributed by atoms with Crippen LogP contribution in [0.25, 0.3) is 0 Å². The molecule has 2 aliphatic carbocycles. The first-order valence-electron chi connectivity index (χ1n) is 7.54. The Morgan fingerprint density at radius 3 is 2.41 bits per heavy atom. The lowest BCUT2D eigenvalue weighted by molar-refractivity contribution is -0.00900. The van der Waals surface area contributed by atoms with Gasteiger partial charge in [0.2, 0.25) is 0 Å². The minimum atomic E-state index is 0.284. The molecule has 17 heavy (non-hydrogen) atoms. The molecule has 2 heteroatoms. The Morgan fingerprint density at radius 2 is 1.76 bits per heavy atom. The van der Waals surface area contributed by atoms with Crippen LogP contribution in [0.2, 0.25) is 0 Å². The molecule has 100 valence electrons. The standard InChI is InChI=1S/C15H29NO/c1-11-7-8-14(9-12(11)2)17-10-15(16)13-5-3-4-6-13/h11-15H,3-10,16H2,1-2H3. The molecular weight excluding hydrogens is 210 g/mol. The topological polar surface area (TPSA) is 35.2 Å². The van der Waals surface area contributed by atoms with Crippen molar-refractivity contribution in [2.24, 2.45) is 23.5 Å². The van der Waals surface area contributed by atoms with Crippen molar-refractivity contribution in [3.63, 3.8) is 0 Å². The van der Waals surface area contributed by atoms with Crippen molar-refractivity contribution in [3.8, 4) is 0 Å². The molecule has 2 fully saturated rings. The molecule has 0 aromatic heterocycles. The fourth-order valence-electron chi connectivity index (χ4n) is 3.42. The van der Waals surface area contributed by atoms with Gasteiger partial charge in [0.15, 0.2) is 0 Å². The fourth-order valence-corrected chi connectivity index (χ4v) is 3.42. The fraction of sp³-hybridized carbons (Fsp3) is 1.00. The number of nitrogens with two attached hydrogens (primary N) is 1. The molecule has 2 aliphatic rings. The van der Waals surface area contributed by atoms with E-state index in [-0.39, 0.29) is 6.04 Å². The highest BCUT2D eigenvalue weighted by Crippen LogP contribution is 2.32. The molecule has 2 nitrogen and oxygen atoms in total. The third-order valence-corrected chi connectivity index (χ3v) is 5.08. The van der Waals surface area contributed by atoms with Crippen LogP contribution in [0.3, 0.4) is 0 Å². The maximum Gasteiger partial charge on any atom is 0.0623 e. The van der Waals surface area contributed by atoms with Crippen LogP contribution >= 0.6 is 0 Å². The van der Waals surface area contributed by atoms with Gasteiger partial charge < -0.3 is 10.5 Å². The van der Waals surface area contributed by atoms with E-state index < -0.39 is 0 Å². The minimum absolute atomic E-state index is 0.284. The predicted octanol–water partition coefficient (Wildman–Crippen LogP) is 3.35. The molecule has 4 atom stereocenters. The smallest absolute Gasteiger partial charge is 0.0623 e. The Balaban J connectivity index is 1.67. The summed E-state index contributed by atoms with van der Waals surface area (Å²) >= 11 is 0. The zero-order chi connectivity index (χ0) is 12.3. The maximum atomic E-state index is 6.23. The zero-order valence-electron chi connectivity index (χ0n) is 11.5. The quantitative estimate of drug-likeness (QED) is 0.816. The molecule has 0 heterocycles. The molecule has 2 saturated carbocycles. The lowest BCUT2D eigenvalue weighted by atomic mass is 9.80. The Morgan fingerprint density at radius 1 is 1.06 bits per heavy atom. The van der Waals surface area contributed by atoms with Gasteiger partial charge in [-0.05, 0) is 49.9 Å². The molecule has 2 N–H and O–H groups in total. The first-order valence-corrected chi connectivity index (χ1v) is 7.54. The van der Waals surface area contributed by atoms with E-state index in [4.69, 9.17) is 10.5 Å². The van der Waals surface area contributed by atoms with Crippen LogP contribution in [0.15, 0.2) is 0 Å². The van der Waals surface area contributed by atoms with E-state index >= 15 is 0 Å². The van der Waals surface area contributed by atoms with Gasteiger partial charge in [0.05, 0.1) is 12.7 Å². The van der Waals surface area contributed by atoms with Crippen molar-refractivity contribution in [3.05, 3.63) is 0 Å². The summed E-state index contributed by atoms with van der Waals surface area (Å²) in [5.41, 5.74) is 6.23. The summed E-state index contributed by atoms with van der Waals surface area (Å²) in [5, 5.41) is 0. The van der Waals surface area contributed by atoms with Crippen LogP contribution in [0, 0.1) is 17.8 Å². The van der Waals surface area contributed by atoms with Crippen LogP contribution in [0.4, 0.5) is 0 Å². The van der Waals surface area contributed by atoms with Crippen LogP contribution < -0.4 is 5.73 Å². The van der Waals surface area contributed by atoms with Gasteiger partial charge in [-0.3, -0.25) is 0 Å². The molecule has 0 aromatic rings. The largest absolute Gasteiger partial charge is 0.377 e. The van der Waals surface area contributed by atoms with E-state index in [0.29, 0.717) is 6.10 Å². The normalized spacial score (nSPS) is 37.2. The Hall–Kier alpha value is -0.0800. The van der Waals surface area contributed by atoms with Gasteiger partial charge in [-0.25, -0.2) is 0 Å². The molecule has 0 aliphatic heterocycles. The molecule has 0 spiro atoms. The van der Waals surface area contributed by atoms with E-state index in [1.807, 2.05) is 0 Å². The molecule has 4 unspecified atom stereocenters. The molecule has 0 bridgehead atoms. The van der Waals surface area contributed by atoms with Crippen molar-refractivity contribution in [2.45, 2.75) is 70.9 Å². The molecule has 0 aromatic carbocycles. The number of ether oxygens (including phenoxy) is 1. The maximum absolute atomic E-state index is 6.23. The minimum Gasteiger partial charge on any atom is -0.377 e. The molecule has 2 rings (SSSR count). The highest BCUT2D eigenvalue weighted by molar-refractivity contribution is 4.80. The summed E-state index contributed by atoms with van der Waals surface area (Å²) in [5.74, 6) is 2.42. The number of hydrogen-bond donors (Lipinski definition) is 1. The van der Waals surface area contributed by atoms with Crippen molar-refractivity contribution in [1.82, 2.24) is 0 Å². The van der Waals surface area contributed by atoms with Crippen molar-refractivity contribution < 1.29 is 4.74 Å². The summed E-state index contributed by atoms with van der Waals surface area (Å²) in [6, 6.07) is 0.284. The summed E-state index contributed by atoms with van der Waals surface area (Å²) in [7, 11) is 0. The SMILES string of the molecule is CC1CCC(OCC(N)C2CCCC2)CC1C. The second kappa shape index (κ2) is 6.19.